The van der Waals surface area contributed by atoms with E-state index in [0.717, 1.165) is 0 Å². The van der Waals surface area contributed by atoms with Crippen LogP contribution < -0.4 is 10.5 Å². The largest absolute Gasteiger partial charge is 0.399 e. The lowest BCUT2D eigenvalue weighted by molar-refractivity contribution is 0.272. The van der Waals surface area contributed by atoms with Crippen LogP contribution in [0.1, 0.15) is 0 Å². The number of nitrogens with one attached hydrogen (secondary N) is 1. The van der Waals surface area contributed by atoms with Gasteiger partial charge in [-0.25, -0.2) is 17.3 Å². The lowest BCUT2D eigenvalue weighted by atomic mass is 10.3. The molecule has 0 heterocycles. The standard InChI is InChI=1S/C8H12N2O6S2/c9-7-1-3-8(4-2-7)17(11,12)10-5-6-16-18(13,14)15/h1-4,10H,5-6,9H2,(H,13,14,15). The molecule has 8 nitrogen and oxygen atoms in total. The molecule has 0 unspecified atom stereocenters. The summed E-state index contributed by atoms with van der Waals surface area (Å²) < 4.78 is 58.0. The van der Waals surface area contributed by atoms with Gasteiger partial charge in [0, 0.05) is 12.2 Å². The summed E-state index contributed by atoms with van der Waals surface area (Å²) in [6.07, 6.45) is 0. The first-order chi connectivity index (χ1) is 8.21. The third-order valence-corrected chi connectivity index (χ3v) is 3.76. The molecule has 1 aromatic rings. The van der Waals surface area contributed by atoms with Crippen molar-refractivity contribution in [3.8, 4) is 0 Å². The third kappa shape index (κ3) is 4.98. The summed E-state index contributed by atoms with van der Waals surface area (Å²) in [5.41, 5.74) is 5.83. The molecule has 4 N–H and O–H groups in total. The number of rotatable bonds is 6. The third-order valence-electron chi connectivity index (χ3n) is 1.82. The van der Waals surface area contributed by atoms with Gasteiger partial charge in [0.1, 0.15) is 0 Å². The number of nitrogens with two attached hydrogens (primary N) is 1. The molecule has 0 bridgehead atoms. The first-order valence-electron chi connectivity index (χ1n) is 4.68. The Morgan fingerprint density at radius 3 is 2.22 bits per heavy atom. The number of sulfonamides is 1. The molecule has 0 aromatic heterocycles. The molecule has 0 radical (unpaired) electrons. The summed E-state index contributed by atoms with van der Waals surface area (Å²) in [6.45, 7) is -0.806. The Labute approximate surface area is 105 Å². The fourth-order valence-electron chi connectivity index (χ4n) is 1.05. The molecule has 102 valence electrons. The van der Waals surface area contributed by atoms with Crippen molar-refractivity contribution in [1.29, 1.82) is 0 Å². The van der Waals surface area contributed by atoms with Crippen LogP contribution in [-0.4, -0.2) is 34.5 Å². The highest BCUT2D eigenvalue weighted by atomic mass is 32.3. The van der Waals surface area contributed by atoms with Gasteiger partial charge in [0.15, 0.2) is 0 Å². The molecule has 0 saturated carbocycles. The first-order valence-corrected chi connectivity index (χ1v) is 7.52. The second-order valence-electron chi connectivity index (χ2n) is 3.22. The second-order valence-corrected chi connectivity index (χ2v) is 6.07. The van der Waals surface area contributed by atoms with E-state index < -0.39 is 27.0 Å². The molecule has 0 aliphatic heterocycles. The Morgan fingerprint density at radius 2 is 1.72 bits per heavy atom. The molecular weight excluding hydrogens is 284 g/mol. The number of benzene rings is 1. The van der Waals surface area contributed by atoms with E-state index in [1.54, 1.807) is 0 Å². The highest BCUT2D eigenvalue weighted by Gasteiger charge is 2.13. The maximum Gasteiger partial charge on any atom is 0.397 e. The summed E-state index contributed by atoms with van der Waals surface area (Å²) in [6, 6.07) is 5.45. The highest BCUT2D eigenvalue weighted by Crippen LogP contribution is 2.10. The van der Waals surface area contributed by atoms with Crippen molar-refractivity contribution in [3.05, 3.63) is 24.3 Å². The summed E-state index contributed by atoms with van der Waals surface area (Å²) in [5.74, 6) is 0. The van der Waals surface area contributed by atoms with Crippen LogP contribution in [-0.2, 0) is 24.6 Å². The predicted octanol–water partition coefficient (Wildman–Crippen LogP) is -0.633. The summed E-state index contributed by atoms with van der Waals surface area (Å²) in [5, 5.41) is 0. The lowest BCUT2D eigenvalue weighted by Crippen LogP contribution is -2.28. The SMILES string of the molecule is Nc1ccc(S(=O)(=O)NCCOS(=O)(=O)O)cc1. The van der Waals surface area contributed by atoms with Crippen LogP contribution in [0.15, 0.2) is 29.2 Å². The van der Waals surface area contributed by atoms with E-state index in [-0.39, 0.29) is 11.4 Å². The van der Waals surface area contributed by atoms with Gasteiger partial charge in [-0.3, -0.25) is 4.55 Å². The molecule has 0 spiro atoms. The molecule has 1 rings (SSSR count). The number of anilines is 1. The summed E-state index contributed by atoms with van der Waals surface area (Å²) in [4.78, 5) is -0.0106. The zero-order valence-electron chi connectivity index (χ0n) is 9.11. The molecular formula is C8H12N2O6S2. The van der Waals surface area contributed by atoms with Crippen molar-refractivity contribution in [2.45, 2.75) is 4.90 Å². The molecule has 0 aliphatic rings. The van der Waals surface area contributed by atoms with Crippen LogP contribution in [0.4, 0.5) is 5.69 Å². The molecule has 0 aliphatic carbocycles. The Bertz CT molecular complexity index is 593. The van der Waals surface area contributed by atoms with E-state index in [4.69, 9.17) is 10.3 Å². The zero-order valence-corrected chi connectivity index (χ0v) is 10.7. The van der Waals surface area contributed by atoms with Gasteiger partial charge in [0.25, 0.3) is 0 Å². The number of nitrogen functional groups attached to an aromatic ring is 1. The number of hydrogen-bond acceptors (Lipinski definition) is 6. The molecule has 10 heteroatoms. The van der Waals surface area contributed by atoms with Crippen LogP contribution in [0.25, 0.3) is 0 Å². The Hall–Kier alpha value is -1.20. The Morgan fingerprint density at radius 1 is 1.17 bits per heavy atom. The van der Waals surface area contributed by atoms with Gasteiger partial charge >= 0.3 is 10.4 Å². The maximum absolute atomic E-state index is 11.6. The van der Waals surface area contributed by atoms with E-state index in [1.165, 1.54) is 24.3 Å². The van der Waals surface area contributed by atoms with Gasteiger partial charge in [-0.1, -0.05) is 0 Å². The zero-order chi connectivity index (χ0) is 13.8. The minimum atomic E-state index is -4.56. The smallest absolute Gasteiger partial charge is 0.397 e. The molecule has 0 amide bonds. The molecule has 0 saturated heterocycles. The average Bonchev–Trinajstić information content (AvgIpc) is 2.24. The van der Waals surface area contributed by atoms with Crippen molar-refractivity contribution in [2.24, 2.45) is 0 Å². The van der Waals surface area contributed by atoms with E-state index >= 15 is 0 Å². The molecule has 0 atom stereocenters. The summed E-state index contributed by atoms with van der Waals surface area (Å²) in [7, 11) is -8.32. The molecule has 0 fully saturated rings. The van der Waals surface area contributed by atoms with Gasteiger partial charge in [-0.15, -0.1) is 0 Å². The van der Waals surface area contributed by atoms with E-state index in [0.29, 0.717) is 5.69 Å². The topological polar surface area (TPSA) is 136 Å². The van der Waals surface area contributed by atoms with Gasteiger partial charge in [-0.05, 0) is 24.3 Å². The predicted molar refractivity (Wildman–Crippen MR) is 63.5 cm³/mol. The highest BCUT2D eigenvalue weighted by molar-refractivity contribution is 7.89. The van der Waals surface area contributed by atoms with Crippen LogP contribution in [0.5, 0.6) is 0 Å². The minimum Gasteiger partial charge on any atom is -0.399 e. The normalized spacial score (nSPS) is 12.5. The minimum absolute atomic E-state index is 0.0106. The average molecular weight is 296 g/mol. The monoisotopic (exact) mass is 296 g/mol. The van der Waals surface area contributed by atoms with Crippen molar-refractivity contribution in [1.82, 2.24) is 4.72 Å². The van der Waals surface area contributed by atoms with Crippen LogP contribution >= 0.6 is 0 Å². The van der Waals surface area contributed by atoms with Crippen molar-refractivity contribution in [3.63, 3.8) is 0 Å². The van der Waals surface area contributed by atoms with E-state index in [1.807, 2.05) is 0 Å². The van der Waals surface area contributed by atoms with Gasteiger partial charge in [0.05, 0.1) is 11.5 Å². The first kappa shape index (κ1) is 14.9. The van der Waals surface area contributed by atoms with E-state index in [2.05, 4.69) is 8.91 Å². The quantitative estimate of drug-likeness (QED) is 0.361. The van der Waals surface area contributed by atoms with Gasteiger partial charge in [0.2, 0.25) is 10.0 Å². The van der Waals surface area contributed by atoms with Crippen molar-refractivity contribution >= 4 is 26.1 Å². The Kier molecular flexibility index (Phi) is 4.65. The lowest BCUT2D eigenvalue weighted by Gasteiger charge is -2.06. The van der Waals surface area contributed by atoms with Gasteiger partial charge < -0.3 is 5.73 Å². The maximum atomic E-state index is 11.6. The van der Waals surface area contributed by atoms with Crippen molar-refractivity contribution < 1.29 is 25.6 Å². The molecule has 1 aromatic carbocycles. The van der Waals surface area contributed by atoms with Gasteiger partial charge in [-0.2, -0.15) is 8.42 Å². The van der Waals surface area contributed by atoms with Crippen LogP contribution in [0.2, 0.25) is 0 Å². The fourth-order valence-corrected chi connectivity index (χ4v) is 2.36. The van der Waals surface area contributed by atoms with Crippen LogP contribution in [0, 0.1) is 0 Å². The Balaban J connectivity index is 2.58. The van der Waals surface area contributed by atoms with Crippen LogP contribution in [0.3, 0.4) is 0 Å². The number of hydrogen-bond donors (Lipinski definition) is 3. The molecule has 18 heavy (non-hydrogen) atoms. The van der Waals surface area contributed by atoms with Crippen molar-refractivity contribution in [2.75, 3.05) is 18.9 Å². The summed E-state index contributed by atoms with van der Waals surface area (Å²) >= 11 is 0. The fraction of sp³-hybridized carbons (Fsp3) is 0.250. The van der Waals surface area contributed by atoms with E-state index in [9.17, 15) is 16.8 Å². The second kappa shape index (κ2) is 5.63.